The van der Waals surface area contributed by atoms with Crippen molar-refractivity contribution < 1.29 is 9.53 Å². The molecular formula is C16H20N2O2. The zero-order valence-electron chi connectivity index (χ0n) is 12.0. The average Bonchev–Trinajstić information content (AvgIpc) is 2.46. The van der Waals surface area contributed by atoms with Gasteiger partial charge in [0.2, 0.25) is 0 Å². The summed E-state index contributed by atoms with van der Waals surface area (Å²) in [6, 6.07) is 5.80. The molecule has 0 saturated carbocycles. The van der Waals surface area contributed by atoms with E-state index in [1.54, 1.807) is 0 Å². The van der Waals surface area contributed by atoms with Gasteiger partial charge in [0, 0.05) is 17.7 Å². The molecule has 1 heterocycles. The average molecular weight is 272 g/mol. The van der Waals surface area contributed by atoms with E-state index in [-0.39, 0.29) is 11.9 Å². The molecule has 1 unspecified atom stereocenters. The van der Waals surface area contributed by atoms with E-state index in [2.05, 4.69) is 11.8 Å². The minimum absolute atomic E-state index is 0.0506. The molecular weight excluding hydrogens is 252 g/mol. The summed E-state index contributed by atoms with van der Waals surface area (Å²) < 4.78 is 5.37. The number of carbonyl (C=O) groups is 1. The molecule has 4 heteroatoms. The van der Waals surface area contributed by atoms with E-state index in [0.29, 0.717) is 31.9 Å². The number of hydrogen-bond acceptors (Lipinski definition) is 3. The topological polar surface area (TPSA) is 55.6 Å². The van der Waals surface area contributed by atoms with Crippen LogP contribution in [0.5, 0.6) is 0 Å². The first-order valence-corrected chi connectivity index (χ1v) is 6.81. The van der Waals surface area contributed by atoms with Crippen molar-refractivity contribution in [3.05, 3.63) is 34.9 Å². The number of ether oxygens (including phenoxy) is 1. The SMILES string of the molecule is Cc1ccc(C#CCN)cc1C(=O)N1CCOCC1C. The van der Waals surface area contributed by atoms with Gasteiger partial charge in [-0.1, -0.05) is 17.9 Å². The number of rotatable bonds is 1. The summed E-state index contributed by atoms with van der Waals surface area (Å²) in [6.45, 7) is 6.10. The Hall–Kier alpha value is -1.83. The van der Waals surface area contributed by atoms with Crippen LogP contribution >= 0.6 is 0 Å². The van der Waals surface area contributed by atoms with Gasteiger partial charge in [0.1, 0.15) is 0 Å². The lowest BCUT2D eigenvalue weighted by molar-refractivity contribution is 0.00355. The molecule has 0 aromatic heterocycles. The Balaban J connectivity index is 2.28. The molecule has 0 bridgehead atoms. The molecule has 1 amide bonds. The maximum atomic E-state index is 12.7. The first kappa shape index (κ1) is 14.6. The van der Waals surface area contributed by atoms with Crippen LogP contribution in [0.1, 0.15) is 28.4 Å². The summed E-state index contributed by atoms with van der Waals surface area (Å²) >= 11 is 0. The molecule has 4 nitrogen and oxygen atoms in total. The van der Waals surface area contributed by atoms with E-state index in [4.69, 9.17) is 10.5 Å². The zero-order chi connectivity index (χ0) is 14.5. The number of carbonyl (C=O) groups excluding carboxylic acids is 1. The molecule has 1 atom stereocenters. The van der Waals surface area contributed by atoms with Crippen LogP contribution in [0.25, 0.3) is 0 Å². The molecule has 106 valence electrons. The number of benzene rings is 1. The third-order valence-electron chi connectivity index (χ3n) is 3.43. The summed E-state index contributed by atoms with van der Waals surface area (Å²) in [5.74, 6) is 5.83. The summed E-state index contributed by atoms with van der Waals surface area (Å²) in [4.78, 5) is 14.5. The van der Waals surface area contributed by atoms with Gasteiger partial charge in [0.15, 0.2) is 0 Å². The van der Waals surface area contributed by atoms with Crippen LogP contribution in [-0.4, -0.2) is 43.2 Å². The number of morpholine rings is 1. The van der Waals surface area contributed by atoms with Crippen LogP contribution in [-0.2, 0) is 4.74 Å². The molecule has 1 aromatic carbocycles. The molecule has 0 radical (unpaired) electrons. The molecule has 1 aliphatic heterocycles. The Morgan fingerprint density at radius 2 is 2.35 bits per heavy atom. The molecule has 2 N–H and O–H groups in total. The van der Waals surface area contributed by atoms with Crippen molar-refractivity contribution >= 4 is 5.91 Å². The fraction of sp³-hybridized carbons (Fsp3) is 0.438. The van der Waals surface area contributed by atoms with Crippen molar-refractivity contribution in [1.82, 2.24) is 4.90 Å². The van der Waals surface area contributed by atoms with Crippen molar-refractivity contribution in [3.63, 3.8) is 0 Å². The molecule has 20 heavy (non-hydrogen) atoms. The molecule has 0 aliphatic carbocycles. The van der Waals surface area contributed by atoms with Gasteiger partial charge in [-0.25, -0.2) is 0 Å². The van der Waals surface area contributed by atoms with Crippen LogP contribution in [0, 0.1) is 18.8 Å². The van der Waals surface area contributed by atoms with Gasteiger partial charge in [0.25, 0.3) is 5.91 Å². The molecule has 1 aromatic rings. The normalized spacial score (nSPS) is 18.4. The first-order valence-electron chi connectivity index (χ1n) is 6.81. The van der Waals surface area contributed by atoms with Crippen LogP contribution in [0.2, 0.25) is 0 Å². The standard InChI is InChI=1S/C16H20N2O2/c1-12-5-6-14(4-3-7-17)10-15(12)16(19)18-8-9-20-11-13(18)2/h5-6,10,13H,7-9,11,17H2,1-2H3. The minimum Gasteiger partial charge on any atom is -0.377 e. The van der Waals surface area contributed by atoms with E-state index in [0.717, 1.165) is 11.1 Å². The Morgan fingerprint density at radius 1 is 1.55 bits per heavy atom. The van der Waals surface area contributed by atoms with Crippen LogP contribution in [0.4, 0.5) is 0 Å². The largest absolute Gasteiger partial charge is 0.377 e. The molecule has 2 rings (SSSR count). The number of nitrogens with zero attached hydrogens (tertiary/aromatic N) is 1. The van der Waals surface area contributed by atoms with E-state index in [9.17, 15) is 4.79 Å². The summed E-state index contributed by atoms with van der Waals surface area (Å²) in [5, 5.41) is 0. The van der Waals surface area contributed by atoms with E-state index in [1.165, 1.54) is 0 Å². The van der Waals surface area contributed by atoms with Crippen LogP contribution in [0.15, 0.2) is 18.2 Å². The van der Waals surface area contributed by atoms with E-state index >= 15 is 0 Å². The zero-order valence-corrected chi connectivity index (χ0v) is 12.0. The summed E-state index contributed by atoms with van der Waals surface area (Å²) in [6.07, 6.45) is 0. The minimum atomic E-state index is 0.0506. The third kappa shape index (κ3) is 3.19. The maximum absolute atomic E-state index is 12.7. The van der Waals surface area contributed by atoms with Gasteiger partial charge in [0.05, 0.1) is 25.8 Å². The lowest BCUT2D eigenvalue weighted by Gasteiger charge is -2.33. The highest BCUT2D eigenvalue weighted by molar-refractivity contribution is 5.96. The second-order valence-corrected chi connectivity index (χ2v) is 4.96. The Labute approximate surface area is 119 Å². The molecule has 1 fully saturated rings. The summed E-state index contributed by atoms with van der Waals surface area (Å²) in [5.41, 5.74) is 7.88. The van der Waals surface area contributed by atoms with Gasteiger partial charge >= 0.3 is 0 Å². The Kier molecular flexibility index (Phi) is 4.78. The number of nitrogens with two attached hydrogens (primary N) is 1. The van der Waals surface area contributed by atoms with Gasteiger partial charge < -0.3 is 15.4 Å². The third-order valence-corrected chi connectivity index (χ3v) is 3.43. The van der Waals surface area contributed by atoms with E-state index in [1.807, 2.05) is 36.9 Å². The molecule has 0 spiro atoms. The van der Waals surface area contributed by atoms with Gasteiger partial charge in [-0.2, -0.15) is 0 Å². The lowest BCUT2D eigenvalue weighted by Crippen LogP contribution is -2.47. The smallest absolute Gasteiger partial charge is 0.254 e. The van der Waals surface area contributed by atoms with Crippen molar-refractivity contribution in [1.29, 1.82) is 0 Å². The Morgan fingerprint density at radius 3 is 3.05 bits per heavy atom. The number of amides is 1. The first-order chi connectivity index (χ1) is 9.63. The monoisotopic (exact) mass is 272 g/mol. The second kappa shape index (κ2) is 6.56. The maximum Gasteiger partial charge on any atom is 0.254 e. The lowest BCUT2D eigenvalue weighted by atomic mass is 10.0. The molecule has 1 saturated heterocycles. The van der Waals surface area contributed by atoms with E-state index < -0.39 is 0 Å². The van der Waals surface area contributed by atoms with Crippen molar-refractivity contribution in [2.45, 2.75) is 19.9 Å². The van der Waals surface area contributed by atoms with Gasteiger partial charge in [-0.05, 0) is 31.5 Å². The predicted molar refractivity (Wildman–Crippen MR) is 78.4 cm³/mol. The number of hydrogen-bond donors (Lipinski definition) is 1. The fourth-order valence-corrected chi connectivity index (χ4v) is 2.27. The highest BCUT2D eigenvalue weighted by atomic mass is 16.5. The quantitative estimate of drug-likeness (QED) is 0.781. The van der Waals surface area contributed by atoms with Crippen molar-refractivity contribution in [2.75, 3.05) is 26.3 Å². The predicted octanol–water partition coefficient (Wildman–Crippen LogP) is 1.17. The fourth-order valence-electron chi connectivity index (χ4n) is 2.27. The Bertz CT molecular complexity index is 557. The van der Waals surface area contributed by atoms with Crippen molar-refractivity contribution in [2.24, 2.45) is 5.73 Å². The highest BCUT2D eigenvalue weighted by Crippen LogP contribution is 2.17. The van der Waals surface area contributed by atoms with Gasteiger partial charge in [-0.3, -0.25) is 4.79 Å². The summed E-state index contributed by atoms with van der Waals surface area (Å²) in [7, 11) is 0. The van der Waals surface area contributed by atoms with Gasteiger partial charge in [-0.15, -0.1) is 0 Å². The molecule has 1 aliphatic rings. The number of aryl methyl sites for hydroxylation is 1. The van der Waals surface area contributed by atoms with Crippen LogP contribution < -0.4 is 5.73 Å². The second-order valence-electron chi connectivity index (χ2n) is 4.96. The van der Waals surface area contributed by atoms with Crippen molar-refractivity contribution in [3.8, 4) is 11.8 Å². The highest BCUT2D eigenvalue weighted by Gasteiger charge is 2.25. The van der Waals surface area contributed by atoms with Crippen LogP contribution in [0.3, 0.4) is 0 Å².